The van der Waals surface area contributed by atoms with Crippen molar-refractivity contribution in [3.8, 4) is 11.5 Å². The number of benzene rings is 4. The maximum absolute atomic E-state index is 12.4. The van der Waals surface area contributed by atoms with Crippen LogP contribution in [-0.2, 0) is 4.57 Å². The summed E-state index contributed by atoms with van der Waals surface area (Å²) in [6.45, 7) is 10.5. The minimum atomic E-state index is -4.60. The molecule has 0 amide bonds. The molecule has 6 heteroatoms. The third-order valence-electron chi connectivity index (χ3n) is 6.21. The molecule has 0 aliphatic heterocycles. The number of quaternary nitrogens is 1. The molecule has 0 spiro atoms. The number of hydrogen-bond acceptors (Lipinski definition) is 4. The lowest BCUT2D eigenvalue weighted by Crippen LogP contribution is -2.42. The van der Waals surface area contributed by atoms with Crippen LogP contribution in [0.25, 0.3) is 21.5 Å². The molecule has 0 heterocycles. The van der Waals surface area contributed by atoms with Crippen molar-refractivity contribution < 1.29 is 23.0 Å². The molecule has 0 unspecified atom stereocenters. The lowest BCUT2D eigenvalue weighted by Gasteiger charge is -2.30. The highest BCUT2D eigenvalue weighted by atomic mass is 31.2. The fourth-order valence-corrected chi connectivity index (χ4v) is 4.32. The molecular formula is C27H32NO4P. The number of fused-ring (bicyclic) bond motifs is 2. The van der Waals surface area contributed by atoms with Gasteiger partial charge in [-0.15, -0.1) is 0 Å². The van der Waals surface area contributed by atoms with Gasteiger partial charge in [0.25, 0.3) is 0 Å². The Morgan fingerprint density at radius 3 is 1.39 bits per heavy atom. The lowest BCUT2D eigenvalue weighted by molar-refractivity contribution is -0.904. The van der Waals surface area contributed by atoms with E-state index in [4.69, 9.17) is 9.05 Å². The highest BCUT2D eigenvalue weighted by Crippen LogP contribution is 2.44. The smallest absolute Gasteiger partial charge is 0.372 e. The molecule has 0 N–H and O–H groups in total. The average molecular weight is 466 g/mol. The first kappa shape index (κ1) is 24.8. The number of rotatable bonds is 7. The summed E-state index contributed by atoms with van der Waals surface area (Å²) in [4.78, 5) is 12.4. The zero-order chi connectivity index (χ0) is 23.9. The van der Waals surface area contributed by atoms with Crippen LogP contribution < -0.4 is 13.9 Å². The zero-order valence-corrected chi connectivity index (χ0v) is 20.6. The second-order valence-corrected chi connectivity index (χ2v) is 9.41. The topological polar surface area (TPSA) is 58.6 Å². The van der Waals surface area contributed by atoms with Gasteiger partial charge in [0.1, 0.15) is 11.5 Å². The van der Waals surface area contributed by atoms with E-state index in [0.29, 0.717) is 10.8 Å². The van der Waals surface area contributed by atoms with Crippen molar-refractivity contribution in [2.75, 3.05) is 26.7 Å². The Kier molecular flexibility index (Phi) is 8.15. The molecule has 0 atom stereocenters. The first-order chi connectivity index (χ1) is 15.8. The largest absolute Gasteiger partial charge is 0.736 e. The molecule has 4 aromatic carbocycles. The van der Waals surface area contributed by atoms with Crippen molar-refractivity contribution >= 4 is 29.4 Å². The molecule has 0 bridgehead atoms. The van der Waals surface area contributed by atoms with Gasteiger partial charge in [0.05, 0.1) is 26.7 Å². The highest BCUT2D eigenvalue weighted by Gasteiger charge is 2.16. The SMILES string of the molecule is CC[N+](C)(CC)CC.O=P([O-])(Oc1cccc2ccccc12)Oc1cccc2ccccc12. The molecule has 0 saturated heterocycles. The van der Waals surface area contributed by atoms with Crippen LogP contribution in [-0.4, -0.2) is 31.2 Å². The molecule has 0 aliphatic rings. The van der Waals surface area contributed by atoms with Crippen LogP contribution in [0.2, 0.25) is 0 Å². The number of phosphoric acid groups is 1. The van der Waals surface area contributed by atoms with Crippen molar-refractivity contribution in [2.45, 2.75) is 20.8 Å². The van der Waals surface area contributed by atoms with E-state index >= 15 is 0 Å². The summed E-state index contributed by atoms with van der Waals surface area (Å²) >= 11 is 0. The van der Waals surface area contributed by atoms with Gasteiger partial charge in [-0.05, 0) is 43.7 Å². The summed E-state index contributed by atoms with van der Waals surface area (Å²) in [7, 11) is -2.30. The summed E-state index contributed by atoms with van der Waals surface area (Å²) in [6, 6.07) is 25.3. The first-order valence-corrected chi connectivity index (χ1v) is 12.8. The van der Waals surface area contributed by atoms with Crippen LogP contribution in [0.5, 0.6) is 11.5 Å². The Bertz CT molecular complexity index is 1150. The maximum Gasteiger partial charge on any atom is 0.372 e. The van der Waals surface area contributed by atoms with Gasteiger partial charge < -0.3 is 18.4 Å². The van der Waals surface area contributed by atoms with Crippen LogP contribution in [0.15, 0.2) is 84.9 Å². The van der Waals surface area contributed by atoms with E-state index in [2.05, 4.69) is 27.8 Å². The van der Waals surface area contributed by atoms with Gasteiger partial charge in [0.2, 0.25) is 0 Å². The number of nitrogens with zero attached hydrogens (tertiary/aromatic N) is 1. The van der Waals surface area contributed by atoms with E-state index in [1.807, 2.05) is 60.7 Å². The van der Waals surface area contributed by atoms with Crippen LogP contribution in [0.4, 0.5) is 0 Å². The summed E-state index contributed by atoms with van der Waals surface area (Å²) < 4.78 is 24.1. The molecule has 0 fully saturated rings. The second kappa shape index (κ2) is 10.8. The Labute approximate surface area is 196 Å². The Morgan fingerprint density at radius 1 is 0.667 bits per heavy atom. The normalized spacial score (nSPS) is 11.7. The molecule has 4 aromatic rings. The molecule has 4 rings (SSSR count). The van der Waals surface area contributed by atoms with E-state index < -0.39 is 7.82 Å². The van der Waals surface area contributed by atoms with Gasteiger partial charge in [-0.25, -0.2) is 4.57 Å². The fraction of sp³-hybridized carbons (Fsp3) is 0.259. The number of phosphoric ester groups is 1. The van der Waals surface area contributed by atoms with Crippen LogP contribution in [0, 0.1) is 0 Å². The highest BCUT2D eigenvalue weighted by molar-refractivity contribution is 7.46. The molecular weight excluding hydrogens is 433 g/mol. The molecule has 0 saturated carbocycles. The summed E-state index contributed by atoms with van der Waals surface area (Å²) in [5.41, 5.74) is 0. The first-order valence-electron chi connectivity index (χ1n) is 11.3. The monoisotopic (exact) mass is 465 g/mol. The zero-order valence-electron chi connectivity index (χ0n) is 19.7. The Hall–Kier alpha value is -2.85. The quantitative estimate of drug-likeness (QED) is 0.234. The fourth-order valence-electron chi connectivity index (χ4n) is 3.48. The summed E-state index contributed by atoms with van der Waals surface area (Å²) in [5, 5.41) is 3.21. The standard InChI is InChI=1S/C20H15O4P.C7H18N/c21-25(22,23-19-13-5-9-15-7-1-3-11-17(15)19)24-20-14-6-10-16-8-2-4-12-18(16)20;1-5-8(4,6-2)7-3/h1-14H,(H,21,22);5-7H2,1-4H3/q;+1/p-1. The molecule has 33 heavy (non-hydrogen) atoms. The van der Waals surface area contributed by atoms with E-state index in [9.17, 15) is 9.46 Å². The lowest BCUT2D eigenvalue weighted by atomic mass is 10.1. The Balaban J connectivity index is 0.000000331. The third-order valence-corrected chi connectivity index (χ3v) is 7.05. The molecule has 5 nitrogen and oxygen atoms in total. The third kappa shape index (κ3) is 6.35. The van der Waals surface area contributed by atoms with Gasteiger partial charge >= 0.3 is 7.82 Å². The number of hydrogen-bond donors (Lipinski definition) is 0. The average Bonchev–Trinajstić information content (AvgIpc) is 2.84. The van der Waals surface area contributed by atoms with E-state index in [1.54, 1.807) is 24.3 Å². The van der Waals surface area contributed by atoms with Gasteiger partial charge in [-0.1, -0.05) is 72.8 Å². The molecule has 0 radical (unpaired) electrons. The summed E-state index contributed by atoms with van der Waals surface area (Å²) in [6.07, 6.45) is 0. The van der Waals surface area contributed by atoms with Gasteiger partial charge in [0, 0.05) is 10.8 Å². The van der Waals surface area contributed by atoms with Crippen molar-refractivity contribution in [2.24, 2.45) is 0 Å². The van der Waals surface area contributed by atoms with Gasteiger partial charge in [0.15, 0.2) is 0 Å². The van der Waals surface area contributed by atoms with Crippen molar-refractivity contribution in [1.29, 1.82) is 0 Å². The molecule has 174 valence electrons. The van der Waals surface area contributed by atoms with Gasteiger partial charge in [-0.3, -0.25) is 0 Å². The van der Waals surface area contributed by atoms with Crippen LogP contribution >= 0.6 is 7.82 Å². The van der Waals surface area contributed by atoms with E-state index in [0.717, 1.165) is 10.8 Å². The van der Waals surface area contributed by atoms with E-state index in [-0.39, 0.29) is 11.5 Å². The predicted octanol–water partition coefficient (Wildman–Crippen LogP) is 6.41. The maximum atomic E-state index is 12.4. The van der Waals surface area contributed by atoms with Crippen LogP contribution in [0.1, 0.15) is 20.8 Å². The van der Waals surface area contributed by atoms with Crippen molar-refractivity contribution in [1.82, 2.24) is 0 Å². The second-order valence-electron chi connectivity index (χ2n) is 8.15. The summed E-state index contributed by atoms with van der Waals surface area (Å²) in [5.74, 6) is 0.494. The predicted molar refractivity (Wildman–Crippen MR) is 135 cm³/mol. The Morgan fingerprint density at radius 2 is 1.03 bits per heavy atom. The van der Waals surface area contributed by atoms with Crippen LogP contribution in [0.3, 0.4) is 0 Å². The van der Waals surface area contributed by atoms with Gasteiger partial charge in [-0.2, -0.15) is 0 Å². The minimum Gasteiger partial charge on any atom is -0.736 e. The molecule has 0 aromatic heterocycles. The molecule has 0 aliphatic carbocycles. The minimum absolute atomic E-state index is 0.247. The van der Waals surface area contributed by atoms with Crippen molar-refractivity contribution in [3.05, 3.63) is 84.9 Å². The van der Waals surface area contributed by atoms with Crippen molar-refractivity contribution in [3.63, 3.8) is 0 Å². The van der Waals surface area contributed by atoms with E-state index in [1.165, 1.54) is 24.1 Å².